The van der Waals surface area contributed by atoms with Crippen LogP contribution in [-0.2, 0) is 5.41 Å². The summed E-state index contributed by atoms with van der Waals surface area (Å²) in [7, 11) is 0. The summed E-state index contributed by atoms with van der Waals surface area (Å²) in [4.78, 5) is 0. The molecule has 0 heterocycles. The van der Waals surface area contributed by atoms with E-state index in [0.29, 0.717) is 11.4 Å². The Morgan fingerprint density at radius 1 is 0.541 bits per heavy atom. The molecule has 0 spiro atoms. The smallest absolute Gasteiger partial charge is 0.155 e. The fourth-order valence-corrected chi connectivity index (χ4v) is 7.59. The SMILES string of the molecule is Nc1ccc(Oc2c(Br)cc(C3(c4cc(Br)c(Oc5ccc(N)cc5)c(Br)c4)CCCC3)cc2Br)cc1. The molecule has 4 nitrogen and oxygen atoms in total. The van der Waals surface area contributed by atoms with E-state index in [-0.39, 0.29) is 5.41 Å². The van der Waals surface area contributed by atoms with Crippen LogP contribution in [-0.4, -0.2) is 0 Å². The Hall–Kier alpha value is -2.00. The van der Waals surface area contributed by atoms with Crippen LogP contribution < -0.4 is 20.9 Å². The van der Waals surface area contributed by atoms with Crippen LogP contribution in [0.3, 0.4) is 0 Å². The molecule has 1 saturated carbocycles. The van der Waals surface area contributed by atoms with Crippen LogP contribution in [0.1, 0.15) is 36.8 Å². The lowest BCUT2D eigenvalue weighted by Gasteiger charge is -2.32. The second-order valence-corrected chi connectivity index (χ2v) is 12.6. The normalized spacial score (nSPS) is 14.5. The maximum Gasteiger partial charge on any atom is 0.155 e. The molecule has 0 radical (unpaired) electrons. The lowest BCUT2D eigenvalue weighted by molar-refractivity contribution is 0.471. The van der Waals surface area contributed by atoms with Crippen molar-refractivity contribution in [3.8, 4) is 23.0 Å². The summed E-state index contributed by atoms with van der Waals surface area (Å²) in [5, 5.41) is 0. The molecule has 1 aliphatic carbocycles. The van der Waals surface area contributed by atoms with Crippen molar-refractivity contribution < 1.29 is 9.47 Å². The summed E-state index contributed by atoms with van der Waals surface area (Å²) in [5.41, 5.74) is 15.4. The summed E-state index contributed by atoms with van der Waals surface area (Å²) in [5.74, 6) is 2.92. The van der Waals surface area contributed by atoms with E-state index in [9.17, 15) is 0 Å². The zero-order valence-corrected chi connectivity index (χ0v) is 26.1. The fraction of sp³-hybridized carbons (Fsp3) is 0.172. The standard InChI is InChI=1S/C29H24Br4N2O2/c30-23-13-17(14-24(31)27(23)36-21-7-3-19(34)4-8-21)29(11-1-2-12-29)18-15-25(32)28(26(33)16-18)37-22-9-5-20(35)6-10-22/h3-10,13-16H,1-2,11-12,34-35H2. The van der Waals surface area contributed by atoms with Crippen molar-refractivity contribution in [1.29, 1.82) is 0 Å². The Balaban J connectivity index is 1.50. The molecule has 8 heteroatoms. The van der Waals surface area contributed by atoms with Crippen molar-refractivity contribution in [2.75, 3.05) is 11.5 Å². The zero-order valence-electron chi connectivity index (χ0n) is 19.7. The van der Waals surface area contributed by atoms with Crippen molar-refractivity contribution in [1.82, 2.24) is 0 Å². The minimum Gasteiger partial charge on any atom is -0.455 e. The minimum absolute atomic E-state index is 0.129. The average Bonchev–Trinajstić information content (AvgIpc) is 3.37. The van der Waals surface area contributed by atoms with E-state index in [4.69, 9.17) is 20.9 Å². The summed E-state index contributed by atoms with van der Waals surface area (Å²) in [6.07, 6.45) is 4.44. The Morgan fingerprint density at radius 2 is 0.865 bits per heavy atom. The Labute approximate surface area is 250 Å². The van der Waals surface area contributed by atoms with E-state index < -0.39 is 0 Å². The predicted molar refractivity (Wildman–Crippen MR) is 165 cm³/mol. The Kier molecular flexibility index (Phi) is 7.91. The van der Waals surface area contributed by atoms with Gasteiger partial charge in [-0.1, -0.05) is 12.8 Å². The molecule has 0 atom stereocenters. The topological polar surface area (TPSA) is 70.5 Å². The van der Waals surface area contributed by atoms with Crippen molar-refractivity contribution in [2.45, 2.75) is 31.1 Å². The molecule has 0 bridgehead atoms. The second kappa shape index (κ2) is 11.0. The van der Waals surface area contributed by atoms with Gasteiger partial charge in [0.15, 0.2) is 11.5 Å². The molecular weight excluding hydrogens is 728 g/mol. The monoisotopic (exact) mass is 748 g/mol. The van der Waals surface area contributed by atoms with Crippen molar-refractivity contribution in [3.63, 3.8) is 0 Å². The van der Waals surface area contributed by atoms with Crippen LogP contribution in [0, 0.1) is 0 Å². The maximum absolute atomic E-state index is 6.18. The Bertz CT molecular complexity index is 1280. The third kappa shape index (κ3) is 5.58. The molecule has 37 heavy (non-hydrogen) atoms. The van der Waals surface area contributed by atoms with E-state index in [1.165, 1.54) is 11.1 Å². The van der Waals surface area contributed by atoms with Gasteiger partial charge in [-0.25, -0.2) is 0 Å². The average molecular weight is 752 g/mol. The van der Waals surface area contributed by atoms with Gasteiger partial charge < -0.3 is 20.9 Å². The lowest BCUT2D eigenvalue weighted by Crippen LogP contribution is -2.24. The molecule has 190 valence electrons. The highest BCUT2D eigenvalue weighted by Gasteiger charge is 2.39. The molecule has 4 aromatic carbocycles. The van der Waals surface area contributed by atoms with Gasteiger partial charge in [-0.15, -0.1) is 0 Å². The van der Waals surface area contributed by atoms with E-state index in [0.717, 1.165) is 66.6 Å². The molecule has 1 fully saturated rings. The molecule has 4 N–H and O–H groups in total. The zero-order chi connectivity index (χ0) is 26.2. The van der Waals surface area contributed by atoms with Gasteiger partial charge in [-0.3, -0.25) is 0 Å². The van der Waals surface area contributed by atoms with E-state index in [2.05, 4.69) is 88.0 Å². The van der Waals surface area contributed by atoms with Crippen LogP contribution in [0.15, 0.2) is 90.7 Å². The maximum atomic E-state index is 6.18. The van der Waals surface area contributed by atoms with Gasteiger partial charge in [0, 0.05) is 16.8 Å². The van der Waals surface area contributed by atoms with Gasteiger partial charge in [0.05, 0.1) is 17.9 Å². The molecule has 0 unspecified atom stereocenters. The third-order valence-corrected chi connectivity index (χ3v) is 9.12. The van der Waals surface area contributed by atoms with Gasteiger partial charge in [0.25, 0.3) is 0 Å². The number of benzene rings is 4. The van der Waals surface area contributed by atoms with Crippen LogP contribution in [0.4, 0.5) is 11.4 Å². The van der Waals surface area contributed by atoms with Crippen molar-refractivity contribution >= 4 is 75.1 Å². The molecular formula is C29H24Br4N2O2. The van der Waals surface area contributed by atoms with Crippen molar-refractivity contribution in [3.05, 3.63) is 102 Å². The number of hydrogen-bond acceptors (Lipinski definition) is 4. The number of anilines is 2. The highest BCUT2D eigenvalue weighted by molar-refractivity contribution is 9.11. The number of ether oxygens (including phenoxy) is 2. The van der Waals surface area contributed by atoms with Gasteiger partial charge in [-0.05, 0) is 160 Å². The van der Waals surface area contributed by atoms with Gasteiger partial charge in [0.1, 0.15) is 11.5 Å². The largest absolute Gasteiger partial charge is 0.455 e. The molecule has 4 aromatic rings. The van der Waals surface area contributed by atoms with E-state index in [1.54, 1.807) is 0 Å². The van der Waals surface area contributed by atoms with E-state index >= 15 is 0 Å². The van der Waals surface area contributed by atoms with Crippen LogP contribution in [0.25, 0.3) is 0 Å². The lowest BCUT2D eigenvalue weighted by atomic mass is 9.73. The van der Waals surface area contributed by atoms with Gasteiger partial charge >= 0.3 is 0 Å². The number of nitrogens with two attached hydrogens (primary N) is 2. The molecule has 0 aliphatic heterocycles. The molecule has 1 aliphatic rings. The Morgan fingerprint density at radius 3 is 1.19 bits per heavy atom. The third-order valence-electron chi connectivity index (χ3n) is 6.76. The minimum atomic E-state index is -0.129. The predicted octanol–water partition coefficient (Wildman–Crippen LogP) is 10.3. The number of halogens is 4. The van der Waals surface area contributed by atoms with Crippen LogP contribution in [0.5, 0.6) is 23.0 Å². The number of hydrogen-bond donors (Lipinski definition) is 2. The molecule has 0 saturated heterocycles. The molecule has 0 aromatic heterocycles. The highest BCUT2D eigenvalue weighted by Crippen LogP contribution is 2.52. The molecule has 5 rings (SSSR count). The molecule has 0 amide bonds. The fourth-order valence-electron chi connectivity index (χ4n) is 4.90. The highest BCUT2D eigenvalue weighted by atomic mass is 79.9. The first-order chi connectivity index (χ1) is 17.7. The number of rotatable bonds is 6. The first kappa shape index (κ1) is 26.6. The quantitative estimate of drug-likeness (QED) is 0.193. The van der Waals surface area contributed by atoms with Crippen LogP contribution >= 0.6 is 63.7 Å². The first-order valence-corrected chi connectivity index (χ1v) is 15.0. The first-order valence-electron chi connectivity index (χ1n) is 11.8. The van der Waals surface area contributed by atoms with Crippen molar-refractivity contribution in [2.24, 2.45) is 0 Å². The number of nitrogen functional groups attached to an aromatic ring is 2. The van der Waals surface area contributed by atoms with E-state index in [1.807, 2.05) is 48.5 Å². The van der Waals surface area contributed by atoms with Gasteiger partial charge in [-0.2, -0.15) is 0 Å². The second-order valence-electron chi connectivity index (χ2n) is 9.17. The summed E-state index contributed by atoms with van der Waals surface area (Å²) in [6, 6.07) is 23.5. The summed E-state index contributed by atoms with van der Waals surface area (Å²) >= 11 is 15.1. The van der Waals surface area contributed by atoms with Crippen LogP contribution in [0.2, 0.25) is 0 Å². The van der Waals surface area contributed by atoms with Gasteiger partial charge in [0.2, 0.25) is 0 Å². The summed E-state index contributed by atoms with van der Waals surface area (Å²) in [6.45, 7) is 0. The summed E-state index contributed by atoms with van der Waals surface area (Å²) < 4.78 is 15.9.